The minimum absolute atomic E-state index is 0.134. The number of hydrogen-bond donors (Lipinski definition) is 0. The second-order valence-corrected chi connectivity index (χ2v) is 8.69. The molecule has 0 heterocycles. The van der Waals surface area contributed by atoms with E-state index in [2.05, 4.69) is 18.7 Å². The van der Waals surface area contributed by atoms with Crippen molar-refractivity contribution in [2.24, 2.45) is 0 Å². The Labute approximate surface area is 189 Å². The molecule has 1 atom stereocenters. The quantitative estimate of drug-likeness (QED) is 0.428. The van der Waals surface area contributed by atoms with E-state index in [1.54, 1.807) is 19.1 Å². The number of hydrogen-bond acceptors (Lipinski definition) is 2. The molecule has 0 N–H and O–H groups in total. The lowest BCUT2D eigenvalue weighted by Gasteiger charge is -2.37. The SMILES string of the molecule is CCN(C(=O)c1c(F)cccc1F)c1ccc(Cl)cc1C(C)CCN(CC)C1CCC1. The molecule has 0 saturated heterocycles. The van der Waals surface area contributed by atoms with Crippen LogP contribution in [0.3, 0.4) is 0 Å². The second kappa shape index (κ2) is 10.6. The van der Waals surface area contributed by atoms with Gasteiger partial charge in [0.05, 0.1) is 0 Å². The molecular formula is C25H31ClF2N2O. The van der Waals surface area contributed by atoms with E-state index in [4.69, 9.17) is 11.6 Å². The van der Waals surface area contributed by atoms with Crippen molar-refractivity contribution in [3.05, 3.63) is 64.2 Å². The van der Waals surface area contributed by atoms with Gasteiger partial charge in [-0.2, -0.15) is 0 Å². The van der Waals surface area contributed by atoms with Gasteiger partial charge in [-0.05, 0) is 81.1 Å². The number of carbonyl (C=O) groups excluding carboxylic acids is 1. The summed E-state index contributed by atoms with van der Waals surface area (Å²) in [6, 6.07) is 9.51. The highest BCUT2D eigenvalue weighted by Crippen LogP contribution is 2.34. The van der Waals surface area contributed by atoms with Gasteiger partial charge in [0.15, 0.2) is 0 Å². The summed E-state index contributed by atoms with van der Waals surface area (Å²) in [6.07, 6.45) is 4.74. The van der Waals surface area contributed by atoms with Crippen molar-refractivity contribution in [1.29, 1.82) is 0 Å². The number of amides is 1. The highest BCUT2D eigenvalue weighted by molar-refractivity contribution is 6.30. The molecule has 0 spiro atoms. The van der Waals surface area contributed by atoms with Crippen LogP contribution in [0.5, 0.6) is 0 Å². The molecule has 3 rings (SSSR count). The Morgan fingerprint density at radius 2 is 1.81 bits per heavy atom. The second-order valence-electron chi connectivity index (χ2n) is 8.25. The van der Waals surface area contributed by atoms with Crippen molar-refractivity contribution in [3.8, 4) is 0 Å². The van der Waals surface area contributed by atoms with E-state index in [1.807, 2.05) is 6.07 Å². The Bertz CT molecular complexity index is 896. The molecule has 0 radical (unpaired) electrons. The van der Waals surface area contributed by atoms with Crippen LogP contribution in [0.15, 0.2) is 36.4 Å². The summed E-state index contributed by atoms with van der Waals surface area (Å²) in [4.78, 5) is 17.1. The highest BCUT2D eigenvalue weighted by Gasteiger charge is 2.27. The van der Waals surface area contributed by atoms with E-state index in [0.717, 1.165) is 37.2 Å². The van der Waals surface area contributed by atoms with Gasteiger partial charge in [0.2, 0.25) is 0 Å². The third-order valence-corrected chi connectivity index (χ3v) is 6.63. The number of rotatable bonds is 9. The van der Waals surface area contributed by atoms with Crippen molar-refractivity contribution < 1.29 is 13.6 Å². The predicted molar refractivity (Wildman–Crippen MR) is 123 cm³/mol. The van der Waals surface area contributed by atoms with E-state index < -0.39 is 23.1 Å². The topological polar surface area (TPSA) is 23.6 Å². The Morgan fingerprint density at radius 1 is 1.13 bits per heavy atom. The molecule has 0 aliphatic heterocycles. The molecule has 1 saturated carbocycles. The average molecular weight is 449 g/mol. The van der Waals surface area contributed by atoms with Crippen LogP contribution < -0.4 is 4.90 Å². The zero-order chi connectivity index (χ0) is 22.5. The lowest BCUT2D eigenvalue weighted by molar-refractivity contribution is 0.0980. The maximum Gasteiger partial charge on any atom is 0.264 e. The molecule has 1 amide bonds. The Kier molecular flexibility index (Phi) is 8.06. The third kappa shape index (κ3) is 5.27. The first-order valence-corrected chi connectivity index (χ1v) is 11.5. The summed E-state index contributed by atoms with van der Waals surface area (Å²) in [5.41, 5.74) is 1.04. The van der Waals surface area contributed by atoms with Gasteiger partial charge in [0.25, 0.3) is 5.91 Å². The zero-order valence-electron chi connectivity index (χ0n) is 18.5. The maximum absolute atomic E-state index is 14.3. The number of carbonyl (C=O) groups is 1. The smallest absolute Gasteiger partial charge is 0.264 e. The van der Waals surface area contributed by atoms with Crippen molar-refractivity contribution in [1.82, 2.24) is 4.90 Å². The number of nitrogens with zero attached hydrogens (tertiary/aromatic N) is 2. The molecular weight excluding hydrogens is 418 g/mol. The van der Waals surface area contributed by atoms with Gasteiger partial charge in [-0.3, -0.25) is 4.79 Å². The van der Waals surface area contributed by atoms with Gasteiger partial charge in [0.1, 0.15) is 17.2 Å². The van der Waals surface area contributed by atoms with Gasteiger partial charge in [0, 0.05) is 23.3 Å². The van der Waals surface area contributed by atoms with E-state index in [0.29, 0.717) is 16.8 Å². The molecule has 1 fully saturated rings. The molecule has 2 aromatic carbocycles. The van der Waals surface area contributed by atoms with Gasteiger partial charge >= 0.3 is 0 Å². The van der Waals surface area contributed by atoms with Gasteiger partial charge in [-0.1, -0.05) is 37.9 Å². The molecule has 1 unspecified atom stereocenters. The predicted octanol–water partition coefficient (Wildman–Crippen LogP) is 6.65. The van der Waals surface area contributed by atoms with Crippen LogP contribution in [0.25, 0.3) is 0 Å². The minimum atomic E-state index is -0.855. The van der Waals surface area contributed by atoms with Gasteiger partial charge < -0.3 is 9.80 Å². The zero-order valence-corrected chi connectivity index (χ0v) is 19.3. The van der Waals surface area contributed by atoms with Crippen LogP contribution >= 0.6 is 11.6 Å². The average Bonchev–Trinajstić information content (AvgIpc) is 2.70. The molecule has 1 aliphatic carbocycles. The van der Waals surface area contributed by atoms with Crippen molar-refractivity contribution >= 4 is 23.2 Å². The van der Waals surface area contributed by atoms with Crippen LogP contribution in [0.1, 0.15) is 68.3 Å². The van der Waals surface area contributed by atoms with Crippen LogP contribution in [-0.2, 0) is 0 Å². The molecule has 3 nitrogen and oxygen atoms in total. The molecule has 168 valence electrons. The number of benzene rings is 2. The van der Waals surface area contributed by atoms with E-state index in [-0.39, 0.29) is 12.5 Å². The molecule has 0 bridgehead atoms. The monoisotopic (exact) mass is 448 g/mol. The lowest BCUT2D eigenvalue weighted by atomic mass is 9.90. The van der Waals surface area contributed by atoms with Crippen LogP contribution in [0, 0.1) is 11.6 Å². The number of halogens is 3. The van der Waals surface area contributed by atoms with Crippen LogP contribution in [0.4, 0.5) is 14.5 Å². The summed E-state index contributed by atoms with van der Waals surface area (Å²) in [5, 5.41) is 0.581. The van der Waals surface area contributed by atoms with Gasteiger partial charge in [-0.15, -0.1) is 0 Å². The third-order valence-electron chi connectivity index (χ3n) is 6.40. The van der Waals surface area contributed by atoms with Crippen molar-refractivity contribution in [2.75, 3.05) is 24.5 Å². The first kappa shape index (κ1) is 23.7. The van der Waals surface area contributed by atoms with Crippen molar-refractivity contribution in [2.45, 2.75) is 58.4 Å². The fourth-order valence-corrected chi connectivity index (χ4v) is 4.47. The molecule has 6 heteroatoms. The Balaban J connectivity index is 1.87. The highest BCUT2D eigenvalue weighted by atomic mass is 35.5. The first-order chi connectivity index (χ1) is 14.9. The number of anilines is 1. The lowest BCUT2D eigenvalue weighted by Crippen LogP contribution is -2.40. The summed E-state index contributed by atoms with van der Waals surface area (Å²) in [5.74, 6) is -2.26. The van der Waals surface area contributed by atoms with Crippen LogP contribution in [0.2, 0.25) is 5.02 Å². The standard InChI is InChI=1S/C25H31ClF2N2O/c1-4-29(19-8-6-9-19)15-14-17(3)20-16-18(26)12-13-23(20)30(5-2)25(31)24-21(27)10-7-11-22(24)28/h7,10-13,16-17,19H,4-6,8-9,14-15H2,1-3H3. The molecule has 2 aromatic rings. The first-order valence-electron chi connectivity index (χ1n) is 11.2. The maximum atomic E-state index is 14.3. The van der Waals surface area contributed by atoms with E-state index in [9.17, 15) is 13.6 Å². The van der Waals surface area contributed by atoms with Crippen molar-refractivity contribution in [3.63, 3.8) is 0 Å². The van der Waals surface area contributed by atoms with Gasteiger partial charge in [-0.25, -0.2) is 8.78 Å². The summed E-state index contributed by atoms with van der Waals surface area (Å²) in [6.45, 7) is 8.38. The fourth-order valence-electron chi connectivity index (χ4n) is 4.29. The van der Waals surface area contributed by atoms with E-state index in [1.165, 1.54) is 30.2 Å². The molecule has 31 heavy (non-hydrogen) atoms. The normalized spacial score (nSPS) is 15.1. The molecule has 1 aliphatic rings. The van der Waals surface area contributed by atoms with Crippen LogP contribution in [-0.4, -0.2) is 36.5 Å². The fraction of sp³-hybridized carbons (Fsp3) is 0.480. The Hall–Kier alpha value is -1.98. The summed E-state index contributed by atoms with van der Waals surface area (Å²) in [7, 11) is 0. The summed E-state index contributed by atoms with van der Waals surface area (Å²) >= 11 is 6.29. The minimum Gasteiger partial charge on any atom is -0.308 e. The summed E-state index contributed by atoms with van der Waals surface area (Å²) < 4.78 is 28.6. The molecule has 0 aromatic heterocycles. The Morgan fingerprint density at radius 3 is 2.35 bits per heavy atom. The van der Waals surface area contributed by atoms with E-state index >= 15 is 0 Å². The largest absolute Gasteiger partial charge is 0.308 e.